The number of hydrogen-bond acceptors (Lipinski definition) is 1. The average Bonchev–Trinajstić information content (AvgIpc) is 2.39. The number of rotatable bonds is 5. The molecule has 1 unspecified atom stereocenters. The number of aliphatic hydroxyl groups is 1. The number of benzene rings is 2. The van der Waals surface area contributed by atoms with E-state index in [1.807, 2.05) is 24.3 Å². The van der Waals surface area contributed by atoms with E-state index in [2.05, 4.69) is 13.0 Å². The highest BCUT2D eigenvalue weighted by Gasteiger charge is 2.23. The molecule has 2 rings (SSSR count). The van der Waals surface area contributed by atoms with Crippen LogP contribution in [0.4, 0.5) is 4.39 Å². The summed E-state index contributed by atoms with van der Waals surface area (Å²) in [6.45, 7) is 3.92. The van der Waals surface area contributed by atoms with Crippen LogP contribution < -0.4 is 0 Å². The number of hydrogen-bond donors (Lipinski definition) is 1. The lowest BCUT2D eigenvalue weighted by Gasteiger charge is -2.24. The van der Waals surface area contributed by atoms with Gasteiger partial charge in [-0.1, -0.05) is 49.7 Å². The molecule has 1 atom stereocenters. The maximum atomic E-state index is 13.2. The van der Waals surface area contributed by atoms with E-state index in [1.54, 1.807) is 13.0 Å². The fraction of sp³-hybridized carbons (Fsp3) is 0.333. The molecule has 2 heteroatoms. The van der Waals surface area contributed by atoms with Crippen molar-refractivity contribution in [3.8, 4) is 0 Å². The van der Waals surface area contributed by atoms with E-state index in [4.69, 9.17) is 0 Å². The maximum Gasteiger partial charge on any atom is 0.123 e. The van der Waals surface area contributed by atoms with Crippen LogP contribution in [0.2, 0.25) is 0 Å². The summed E-state index contributed by atoms with van der Waals surface area (Å²) in [5.41, 5.74) is 1.92. The first-order chi connectivity index (χ1) is 9.51. The van der Waals surface area contributed by atoms with Gasteiger partial charge in [-0.25, -0.2) is 4.39 Å². The lowest BCUT2D eigenvalue weighted by molar-refractivity contribution is 0.0575. The van der Waals surface area contributed by atoms with Gasteiger partial charge in [-0.05, 0) is 42.2 Å². The summed E-state index contributed by atoms with van der Waals surface area (Å²) in [6, 6.07) is 14.4. The first-order valence-corrected chi connectivity index (χ1v) is 7.07. The van der Waals surface area contributed by atoms with Gasteiger partial charge in [-0.2, -0.15) is 0 Å². The molecule has 0 aliphatic rings. The van der Waals surface area contributed by atoms with Crippen LogP contribution in [0.15, 0.2) is 48.5 Å². The predicted octanol–water partition coefficient (Wildman–Crippen LogP) is 4.23. The van der Waals surface area contributed by atoms with Gasteiger partial charge in [0, 0.05) is 6.42 Å². The minimum atomic E-state index is -0.989. The first-order valence-electron chi connectivity index (χ1n) is 7.07. The smallest absolute Gasteiger partial charge is 0.123 e. The molecule has 1 N–H and O–H groups in total. The molecule has 2 aromatic rings. The zero-order valence-electron chi connectivity index (χ0n) is 12.1. The molecule has 0 saturated heterocycles. The molecule has 0 aromatic heterocycles. The Morgan fingerprint density at radius 1 is 1.05 bits per heavy atom. The van der Waals surface area contributed by atoms with Crippen LogP contribution in [0.5, 0.6) is 0 Å². The second-order valence-electron chi connectivity index (χ2n) is 5.53. The van der Waals surface area contributed by atoms with Crippen LogP contribution in [0.1, 0.15) is 37.0 Å². The van der Waals surface area contributed by atoms with Crippen molar-refractivity contribution < 1.29 is 9.50 Å². The molecule has 1 nitrogen and oxygen atoms in total. The van der Waals surface area contributed by atoms with Gasteiger partial charge in [-0.3, -0.25) is 0 Å². The molecule has 0 radical (unpaired) electrons. The molecular weight excluding hydrogens is 251 g/mol. The third-order valence-electron chi connectivity index (χ3n) is 3.52. The molecule has 2 aromatic carbocycles. The highest BCUT2D eigenvalue weighted by molar-refractivity contribution is 5.30. The Balaban J connectivity index is 2.23. The van der Waals surface area contributed by atoms with Gasteiger partial charge in [0.2, 0.25) is 0 Å². The molecule has 0 bridgehead atoms. The lowest BCUT2D eigenvalue weighted by Crippen LogP contribution is -2.24. The van der Waals surface area contributed by atoms with E-state index in [1.165, 1.54) is 17.7 Å². The maximum absolute atomic E-state index is 13.2. The first kappa shape index (κ1) is 14.7. The Kier molecular flexibility index (Phi) is 4.56. The molecule has 20 heavy (non-hydrogen) atoms. The Hall–Kier alpha value is -1.67. The SMILES string of the molecule is CCCc1cccc(C(C)(O)Cc2cccc(F)c2)c1. The van der Waals surface area contributed by atoms with E-state index < -0.39 is 5.60 Å². The quantitative estimate of drug-likeness (QED) is 0.863. The van der Waals surface area contributed by atoms with Crippen LogP contribution in [0, 0.1) is 5.82 Å². The number of halogens is 1. The van der Waals surface area contributed by atoms with Gasteiger partial charge < -0.3 is 5.11 Å². The lowest BCUT2D eigenvalue weighted by atomic mass is 9.88. The summed E-state index contributed by atoms with van der Waals surface area (Å²) >= 11 is 0. The van der Waals surface area contributed by atoms with Gasteiger partial charge >= 0.3 is 0 Å². The zero-order valence-corrected chi connectivity index (χ0v) is 12.1. The molecule has 0 amide bonds. The van der Waals surface area contributed by atoms with Gasteiger partial charge in [0.25, 0.3) is 0 Å². The average molecular weight is 272 g/mol. The molecular formula is C18H21FO. The van der Waals surface area contributed by atoms with Crippen molar-refractivity contribution in [3.63, 3.8) is 0 Å². The van der Waals surface area contributed by atoms with Crippen molar-refractivity contribution in [2.45, 2.75) is 38.7 Å². The summed E-state index contributed by atoms with van der Waals surface area (Å²) < 4.78 is 13.2. The van der Waals surface area contributed by atoms with Gasteiger partial charge in [0.05, 0.1) is 5.60 Å². The van der Waals surface area contributed by atoms with Gasteiger partial charge in [-0.15, -0.1) is 0 Å². The van der Waals surface area contributed by atoms with Crippen molar-refractivity contribution in [2.75, 3.05) is 0 Å². The van der Waals surface area contributed by atoms with Crippen LogP contribution in [-0.4, -0.2) is 5.11 Å². The molecule has 0 aliphatic carbocycles. The summed E-state index contributed by atoms with van der Waals surface area (Å²) in [6.07, 6.45) is 2.49. The van der Waals surface area contributed by atoms with E-state index in [-0.39, 0.29) is 5.82 Å². The Morgan fingerprint density at radius 2 is 1.75 bits per heavy atom. The van der Waals surface area contributed by atoms with Crippen LogP contribution >= 0.6 is 0 Å². The predicted molar refractivity (Wildman–Crippen MR) is 80.1 cm³/mol. The van der Waals surface area contributed by atoms with Crippen molar-refractivity contribution in [1.82, 2.24) is 0 Å². The third kappa shape index (κ3) is 3.67. The van der Waals surface area contributed by atoms with Crippen LogP contribution in [-0.2, 0) is 18.4 Å². The zero-order chi connectivity index (χ0) is 14.6. The van der Waals surface area contributed by atoms with E-state index in [0.717, 1.165) is 24.0 Å². The van der Waals surface area contributed by atoms with Gasteiger partial charge in [0.15, 0.2) is 0 Å². The van der Waals surface area contributed by atoms with Crippen molar-refractivity contribution in [1.29, 1.82) is 0 Å². The molecule has 0 fully saturated rings. The second kappa shape index (κ2) is 6.19. The van der Waals surface area contributed by atoms with Crippen molar-refractivity contribution in [3.05, 3.63) is 71.0 Å². The monoisotopic (exact) mass is 272 g/mol. The minimum Gasteiger partial charge on any atom is -0.385 e. The van der Waals surface area contributed by atoms with Crippen molar-refractivity contribution in [2.24, 2.45) is 0 Å². The topological polar surface area (TPSA) is 20.2 Å². The normalized spacial score (nSPS) is 14.0. The summed E-state index contributed by atoms with van der Waals surface area (Å²) in [5, 5.41) is 10.7. The van der Waals surface area contributed by atoms with Crippen LogP contribution in [0.25, 0.3) is 0 Å². The highest BCUT2D eigenvalue weighted by atomic mass is 19.1. The molecule has 106 valence electrons. The minimum absolute atomic E-state index is 0.266. The molecule has 0 saturated carbocycles. The molecule has 0 spiro atoms. The highest BCUT2D eigenvalue weighted by Crippen LogP contribution is 2.26. The second-order valence-corrected chi connectivity index (χ2v) is 5.53. The van der Waals surface area contributed by atoms with Crippen molar-refractivity contribution >= 4 is 0 Å². The standard InChI is InChI=1S/C18H21FO/c1-3-6-14-7-4-9-16(11-14)18(2,20)13-15-8-5-10-17(19)12-15/h4-5,7-12,20H,3,6,13H2,1-2H3. The summed E-state index contributed by atoms with van der Waals surface area (Å²) in [4.78, 5) is 0. The molecule has 0 aliphatic heterocycles. The van der Waals surface area contributed by atoms with E-state index in [9.17, 15) is 9.50 Å². The third-order valence-corrected chi connectivity index (χ3v) is 3.52. The summed E-state index contributed by atoms with van der Waals surface area (Å²) in [7, 11) is 0. The fourth-order valence-electron chi connectivity index (χ4n) is 2.50. The summed E-state index contributed by atoms with van der Waals surface area (Å²) in [5.74, 6) is -0.266. The van der Waals surface area contributed by atoms with E-state index >= 15 is 0 Å². The van der Waals surface area contributed by atoms with E-state index in [0.29, 0.717) is 6.42 Å². The number of aryl methyl sites for hydroxylation is 1. The van der Waals surface area contributed by atoms with Crippen LogP contribution in [0.3, 0.4) is 0 Å². The Labute approximate surface area is 120 Å². The van der Waals surface area contributed by atoms with Gasteiger partial charge in [0.1, 0.15) is 5.82 Å². The Bertz CT molecular complexity index is 575. The Morgan fingerprint density at radius 3 is 2.45 bits per heavy atom. The fourth-order valence-corrected chi connectivity index (χ4v) is 2.50. The largest absolute Gasteiger partial charge is 0.385 e. The molecule has 0 heterocycles.